The summed E-state index contributed by atoms with van der Waals surface area (Å²) in [6.07, 6.45) is 5.25. The average Bonchev–Trinajstić information content (AvgIpc) is 3.55. The van der Waals surface area contributed by atoms with Crippen LogP contribution in [-0.4, -0.2) is 77.3 Å². The van der Waals surface area contributed by atoms with Gasteiger partial charge in [0.1, 0.15) is 24.1 Å². The Bertz CT molecular complexity index is 2080. The van der Waals surface area contributed by atoms with Gasteiger partial charge in [0.25, 0.3) is 0 Å². The molecule has 4 heterocycles. The summed E-state index contributed by atoms with van der Waals surface area (Å²) in [4.78, 5) is 30.8. The van der Waals surface area contributed by atoms with E-state index in [0.717, 1.165) is 72.6 Å². The van der Waals surface area contributed by atoms with Crippen LogP contribution in [0.4, 0.5) is 21.5 Å². The van der Waals surface area contributed by atoms with E-state index in [1.807, 2.05) is 48.0 Å². The summed E-state index contributed by atoms with van der Waals surface area (Å²) in [5.41, 5.74) is 4.98. The lowest BCUT2D eigenvalue weighted by atomic mass is 10.1. The Kier molecular flexibility index (Phi) is 9.90. The Balaban J connectivity index is 1.34. The second-order valence-electron chi connectivity index (χ2n) is 12.3. The SMILES string of the molecule is CCN(CC)c1ccc2cc(/C=C/c3cc(N4CCN(C)CC4)c4cc(F)c(NCc5cn(CCC(=O)O)nn5)cc4[n+]3C)c(=O)oc2c1. The van der Waals surface area contributed by atoms with E-state index in [9.17, 15) is 9.59 Å². The molecule has 1 fully saturated rings. The van der Waals surface area contributed by atoms with E-state index in [4.69, 9.17) is 9.52 Å². The molecule has 1 saturated heterocycles. The van der Waals surface area contributed by atoms with Crippen LogP contribution in [0.2, 0.25) is 0 Å². The predicted octanol–water partition coefficient (Wildman–Crippen LogP) is 4.36. The zero-order chi connectivity index (χ0) is 34.7. The number of fused-ring (bicyclic) bond motifs is 2. The van der Waals surface area contributed by atoms with Crippen molar-refractivity contribution in [2.45, 2.75) is 33.4 Å². The van der Waals surface area contributed by atoms with Crippen molar-refractivity contribution < 1.29 is 23.3 Å². The van der Waals surface area contributed by atoms with Crippen LogP contribution < -0.4 is 25.3 Å². The van der Waals surface area contributed by atoms with Gasteiger partial charge in [-0.1, -0.05) is 5.21 Å². The van der Waals surface area contributed by atoms with Crippen LogP contribution in [0.5, 0.6) is 0 Å². The number of pyridine rings is 1. The van der Waals surface area contributed by atoms with Gasteiger partial charge < -0.3 is 29.5 Å². The maximum atomic E-state index is 15.7. The van der Waals surface area contributed by atoms with Gasteiger partial charge in [0, 0.05) is 74.6 Å². The van der Waals surface area contributed by atoms with Crippen LogP contribution in [0.1, 0.15) is 37.2 Å². The van der Waals surface area contributed by atoms with E-state index in [1.54, 1.807) is 24.4 Å². The van der Waals surface area contributed by atoms with Gasteiger partial charge in [0.15, 0.2) is 0 Å². The lowest BCUT2D eigenvalue weighted by Gasteiger charge is -2.34. The molecule has 6 rings (SSSR count). The number of aromatic nitrogens is 4. The highest BCUT2D eigenvalue weighted by Crippen LogP contribution is 2.31. The maximum Gasteiger partial charge on any atom is 0.343 e. The molecule has 0 unspecified atom stereocenters. The first-order valence-corrected chi connectivity index (χ1v) is 16.6. The van der Waals surface area contributed by atoms with Crippen molar-refractivity contribution in [3.8, 4) is 0 Å². The highest BCUT2D eigenvalue weighted by Gasteiger charge is 2.24. The first kappa shape index (κ1) is 33.6. The molecule has 2 N–H and O–H groups in total. The zero-order valence-electron chi connectivity index (χ0n) is 28.3. The highest BCUT2D eigenvalue weighted by atomic mass is 19.1. The maximum absolute atomic E-state index is 15.7. The van der Waals surface area contributed by atoms with Gasteiger partial charge >= 0.3 is 11.6 Å². The lowest BCUT2D eigenvalue weighted by Crippen LogP contribution is -2.45. The number of benzene rings is 2. The smallest absolute Gasteiger partial charge is 0.343 e. The first-order chi connectivity index (χ1) is 23.6. The van der Waals surface area contributed by atoms with Crippen LogP contribution in [0, 0.1) is 5.82 Å². The van der Waals surface area contributed by atoms with Crippen LogP contribution in [0.25, 0.3) is 34.0 Å². The van der Waals surface area contributed by atoms with Crippen molar-refractivity contribution in [1.82, 2.24) is 19.9 Å². The minimum absolute atomic E-state index is 0.0675. The summed E-state index contributed by atoms with van der Waals surface area (Å²) in [5, 5.41) is 21.8. The molecule has 0 bridgehead atoms. The minimum Gasteiger partial charge on any atom is -0.481 e. The van der Waals surface area contributed by atoms with Crippen LogP contribution >= 0.6 is 0 Å². The van der Waals surface area contributed by atoms with Crippen molar-refractivity contribution >= 4 is 57.1 Å². The summed E-state index contributed by atoms with van der Waals surface area (Å²) < 4.78 is 24.9. The average molecular weight is 670 g/mol. The molecule has 0 spiro atoms. The third-order valence-corrected chi connectivity index (χ3v) is 9.15. The van der Waals surface area contributed by atoms with Crippen molar-refractivity contribution in [3.05, 3.63) is 81.9 Å². The number of carbonyl (C=O) groups is 1. The fraction of sp³-hybridized carbons (Fsp3) is 0.361. The van der Waals surface area contributed by atoms with Gasteiger partial charge in [-0.25, -0.2) is 9.18 Å². The Labute approximate surface area is 283 Å². The summed E-state index contributed by atoms with van der Waals surface area (Å²) >= 11 is 0. The second-order valence-corrected chi connectivity index (χ2v) is 12.3. The van der Waals surface area contributed by atoms with Gasteiger partial charge in [-0.2, -0.15) is 4.57 Å². The van der Waals surface area contributed by atoms with Gasteiger partial charge in [-0.05, 0) is 51.2 Å². The first-order valence-electron chi connectivity index (χ1n) is 16.6. The normalized spacial score (nSPS) is 13.9. The van der Waals surface area contributed by atoms with Gasteiger partial charge in [0.05, 0.1) is 48.0 Å². The zero-order valence-corrected chi connectivity index (χ0v) is 28.3. The standard InChI is InChI=1S/C36H41FN8O4/c1-5-43(6-2)28-10-7-24-17-25(36(48)49-34(24)19-28)8-9-27-18-33(44-15-13-41(3)14-16-44)29-20-30(37)31(21-32(29)42(27)4)38-22-26-23-45(40-39-26)12-11-35(46)47/h7-10,17-21,23H,5-6,11-16,22H2,1-4H3,(H,46,47)/p+1/b9-8+. The summed E-state index contributed by atoms with van der Waals surface area (Å²) in [5.74, 6) is -1.32. The number of carboxylic acids is 1. The fourth-order valence-electron chi connectivity index (χ4n) is 6.22. The van der Waals surface area contributed by atoms with Crippen LogP contribution in [0.3, 0.4) is 0 Å². The third kappa shape index (κ3) is 7.41. The van der Waals surface area contributed by atoms with Crippen molar-refractivity contribution in [2.75, 3.05) is 61.4 Å². The molecule has 1 aliphatic rings. The Hall–Kier alpha value is -5.30. The molecule has 3 aromatic heterocycles. The third-order valence-electron chi connectivity index (χ3n) is 9.15. The molecule has 0 amide bonds. The van der Waals surface area contributed by atoms with E-state index >= 15 is 4.39 Å². The van der Waals surface area contributed by atoms with Crippen molar-refractivity contribution in [1.29, 1.82) is 0 Å². The van der Waals surface area contributed by atoms with E-state index in [-0.39, 0.29) is 19.5 Å². The summed E-state index contributed by atoms with van der Waals surface area (Å²) in [7, 11) is 4.01. The number of aryl methyl sites for hydroxylation is 2. The number of anilines is 3. The van der Waals surface area contributed by atoms with E-state index in [1.165, 1.54) is 4.68 Å². The topological polar surface area (TPSA) is 124 Å². The Morgan fingerprint density at radius 3 is 2.61 bits per heavy atom. The molecule has 13 heteroatoms. The van der Waals surface area contributed by atoms with E-state index in [2.05, 4.69) is 51.2 Å². The largest absolute Gasteiger partial charge is 0.481 e. The molecule has 0 radical (unpaired) electrons. The van der Waals surface area contributed by atoms with Crippen molar-refractivity contribution in [2.24, 2.45) is 7.05 Å². The number of aliphatic carboxylic acids is 1. The van der Waals surface area contributed by atoms with Gasteiger partial charge in [0.2, 0.25) is 11.2 Å². The number of hydrogen-bond acceptors (Lipinski definition) is 9. The van der Waals surface area contributed by atoms with Crippen LogP contribution in [0.15, 0.2) is 57.9 Å². The van der Waals surface area contributed by atoms with Gasteiger partial charge in [-0.3, -0.25) is 9.48 Å². The van der Waals surface area contributed by atoms with Crippen molar-refractivity contribution in [3.63, 3.8) is 0 Å². The number of hydrogen-bond donors (Lipinski definition) is 2. The highest BCUT2D eigenvalue weighted by molar-refractivity contribution is 5.93. The Morgan fingerprint density at radius 2 is 1.88 bits per heavy atom. The minimum atomic E-state index is -0.920. The Morgan fingerprint density at radius 1 is 1.10 bits per heavy atom. The monoisotopic (exact) mass is 669 g/mol. The summed E-state index contributed by atoms with van der Waals surface area (Å²) in [6.45, 7) is 9.67. The molecule has 1 aliphatic heterocycles. The molecule has 49 heavy (non-hydrogen) atoms. The van der Waals surface area contributed by atoms with Crippen LogP contribution in [-0.2, 0) is 24.9 Å². The molecule has 256 valence electrons. The molecule has 12 nitrogen and oxygen atoms in total. The second kappa shape index (κ2) is 14.4. The molecule has 5 aromatic rings. The molecule has 0 saturated carbocycles. The number of nitrogens with zero attached hydrogens (tertiary/aromatic N) is 7. The molecule has 2 aromatic carbocycles. The number of likely N-dealkylation sites (N-methyl/N-ethyl adjacent to an activating group) is 1. The quantitative estimate of drug-likeness (QED) is 0.146. The number of piperazine rings is 1. The lowest BCUT2D eigenvalue weighted by molar-refractivity contribution is -0.646. The molecule has 0 atom stereocenters. The molecule has 0 aliphatic carbocycles. The number of halogens is 1. The molecular weight excluding hydrogens is 627 g/mol. The van der Waals surface area contributed by atoms with E-state index < -0.39 is 17.4 Å². The van der Waals surface area contributed by atoms with E-state index in [0.29, 0.717) is 22.5 Å². The summed E-state index contributed by atoms with van der Waals surface area (Å²) in [6, 6.07) is 13.2. The predicted molar refractivity (Wildman–Crippen MR) is 189 cm³/mol. The fourth-order valence-corrected chi connectivity index (χ4v) is 6.22. The van der Waals surface area contributed by atoms with Gasteiger partial charge in [-0.15, -0.1) is 5.10 Å². The number of rotatable bonds is 12. The molecular formula is C36H42FN8O4+. The number of carboxylic acid groups (broad SMARTS) is 1. The number of nitrogens with one attached hydrogen (secondary N) is 1.